The van der Waals surface area contributed by atoms with E-state index in [0.717, 1.165) is 5.92 Å². The Labute approximate surface area is 95.0 Å². The van der Waals surface area contributed by atoms with Gasteiger partial charge in [-0.25, -0.2) is 0 Å². The third-order valence-electron chi connectivity index (χ3n) is 6.08. The lowest BCUT2D eigenvalue weighted by Crippen LogP contribution is -2.58. The number of hydrogen-bond acceptors (Lipinski definition) is 1. The molecule has 88 valence electrons. The normalized spacial score (nSPS) is 36.2. The van der Waals surface area contributed by atoms with E-state index in [9.17, 15) is 0 Å². The van der Waals surface area contributed by atoms with Gasteiger partial charge in [-0.3, -0.25) is 0 Å². The van der Waals surface area contributed by atoms with Gasteiger partial charge >= 0.3 is 0 Å². The van der Waals surface area contributed by atoms with E-state index in [1.165, 1.54) is 32.1 Å². The van der Waals surface area contributed by atoms with E-state index in [2.05, 4.69) is 40.1 Å². The molecular formula is C14H27N. The van der Waals surface area contributed by atoms with Crippen LogP contribution in [0.15, 0.2) is 0 Å². The maximum atomic E-state index is 3.65. The van der Waals surface area contributed by atoms with Gasteiger partial charge < -0.3 is 5.32 Å². The first-order valence-corrected chi connectivity index (χ1v) is 6.55. The Kier molecular flexibility index (Phi) is 2.46. The first-order chi connectivity index (χ1) is 6.86. The standard InChI is InChI=1S/C14H27N/c1-12(2)10-7-11(13(12,3)4)14(15-5)8-6-9-14/h11,15H,6-10H2,1-5H3/t11-/m1/s1. The Morgan fingerprint density at radius 1 is 1.00 bits per heavy atom. The van der Waals surface area contributed by atoms with Crippen molar-refractivity contribution in [1.29, 1.82) is 0 Å². The van der Waals surface area contributed by atoms with Crippen LogP contribution in [0, 0.1) is 16.7 Å². The van der Waals surface area contributed by atoms with Gasteiger partial charge in [-0.2, -0.15) is 0 Å². The van der Waals surface area contributed by atoms with Crippen molar-refractivity contribution in [2.45, 2.75) is 65.3 Å². The molecular weight excluding hydrogens is 182 g/mol. The third-order valence-corrected chi connectivity index (χ3v) is 6.08. The van der Waals surface area contributed by atoms with Crippen LogP contribution in [0.2, 0.25) is 0 Å². The third kappa shape index (κ3) is 1.39. The maximum absolute atomic E-state index is 3.65. The Hall–Kier alpha value is -0.0400. The van der Waals surface area contributed by atoms with Crippen molar-refractivity contribution in [1.82, 2.24) is 5.32 Å². The average Bonchev–Trinajstić information content (AvgIpc) is 2.26. The second-order valence-electron chi connectivity index (χ2n) is 6.96. The fourth-order valence-corrected chi connectivity index (χ4v) is 3.96. The summed E-state index contributed by atoms with van der Waals surface area (Å²) in [5.41, 5.74) is 1.48. The van der Waals surface area contributed by atoms with Crippen molar-refractivity contribution in [2.75, 3.05) is 7.05 Å². The summed E-state index contributed by atoms with van der Waals surface area (Å²) in [4.78, 5) is 0. The molecule has 2 aliphatic carbocycles. The van der Waals surface area contributed by atoms with Gasteiger partial charge in [0.2, 0.25) is 0 Å². The van der Waals surface area contributed by atoms with Crippen LogP contribution in [0.1, 0.15) is 59.8 Å². The predicted molar refractivity (Wildman–Crippen MR) is 65.9 cm³/mol. The lowest BCUT2D eigenvalue weighted by Gasteiger charge is -2.53. The highest BCUT2D eigenvalue weighted by molar-refractivity contribution is 5.11. The van der Waals surface area contributed by atoms with E-state index in [1.54, 1.807) is 0 Å². The number of nitrogens with one attached hydrogen (secondary N) is 1. The first-order valence-electron chi connectivity index (χ1n) is 6.55. The Morgan fingerprint density at radius 2 is 1.60 bits per heavy atom. The van der Waals surface area contributed by atoms with Crippen LogP contribution in [0.25, 0.3) is 0 Å². The second kappa shape index (κ2) is 3.23. The summed E-state index contributed by atoms with van der Waals surface area (Å²) in [5.74, 6) is 0.874. The molecule has 0 aromatic heterocycles. The molecule has 0 heterocycles. The summed E-state index contributed by atoms with van der Waals surface area (Å²) >= 11 is 0. The van der Waals surface area contributed by atoms with Crippen molar-refractivity contribution in [3.05, 3.63) is 0 Å². The van der Waals surface area contributed by atoms with Crippen molar-refractivity contribution < 1.29 is 0 Å². The monoisotopic (exact) mass is 209 g/mol. The van der Waals surface area contributed by atoms with E-state index in [4.69, 9.17) is 0 Å². The van der Waals surface area contributed by atoms with Gasteiger partial charge in [0, 0.05) is 5.54 Å². The highest BCUT2D eigenvalue weighted by Crippen LogP contribution is 2.61. The van der Waals surface area contributed by atoms with Crippen molar-refractivity contribution in [3.63, 3.8) is 0 Å². The molecule has 0 aliphatic heterocycles. The van der Waals surface area contributed by atoms with Gasteiger partial charge in [-0.15, -0.1) is 0 Å². The highest BCUT2D eigenvalue weighted by atomic mass is 15.0. The molecule has 0 spiro atoms. The molecule has 0 saturated heterocycles. The summed E-state index contributed by atoms with van der Waals surface area (Å²) in [5, 5.41) is 3.65. The van der Waals surface area contributed by atoms with Gasteiger partial charge in [-0.05, 0) is 55.9 Å². The molecule has 0 bridgehead atoms. The van der Waals surface area contributed by atoms with Gasteiger partial charge in [0.05, 0.1) is 0 Å². The minimum absolute atomic E-state index is 0.483. The van der Waals surface area contributed by atoms with Crippen LogP contribution >= 0.6 is 0 Å². The molecule has 1 atom stereocenters. The lowest BCUT2D eigenvalue weighted by atomic mass is 9.56. The Bertz CT molecular complexity index is 243. The summed E-state index contributed by atoms with van der Waals surface area (Å²) < 4.78 is 0. The van der Waals surface area contributed by atoms with E-state index < -0.39 is 0 Å². The van der Waals surface area contributed by atoms with Gasteiger partial charge in [-0.1, -0.05) is 27.7 Å². The quantitative estimate of drug-likeness (QED) is 0.733. The zero-order chi connectivity index (χ0) is 11.3. The summed E-state index contributed by atoms with van der Waals surface area (Å²) in [6, 6.07) is 0. The topological polar surface area (TPSA) is 12.0 Å². The largest absolute Gasteiger partial charge is 0.314 e. The number of hydrogen-bond donors (Lipinski definition) is 1. The highest BCUT2D eigenvalue weighted by Gasteiger charge is 2.57. The lowest BCUT2D eigenvalue weighted by molar-refractivity contribution is 0.00574. The zero-order valence-electron chi connectivity index (χ0n) is 11.1. The van der Waals surface area contributed by atoms with Gasteiger partial charge in [0.1, 0.15) is 0 Å². The van der Waals surface area contributed by atoms with Crippen LogP contribution < -0.4 is 5.32 Å². The summed E-state index contributed by atoms with van der Waals surface area (Å²) in [6.45, 7) is 9.88. The fourth-order valence-electron chi connectivity index (χ4n) is 3.96. The molecule has 1 heteroatoms. The van der Waals surface area contributed by atoms with Crippen molar-refractivity contribution in [2.24, 2.45) is 16.7 Å². The van der Waals surface area contributed by atoms with E-state index in [-0.39, 0.29) is 0 Å². The van der Waals surface area contributed by atoms with Crippen LogP contribution in [0.3, 0.4) is 0 Å². The molecule has 1 nitrogen and oxygen atoms in total. The van der Waals surface area contributed by atoms with Gasteiger partial charge in [0.15, 0.2) is 0 Å². The average molecular weight is 209 g/mol. The molecule has 0 amide bonds. The van der Waals surface area contributed by atoms with E-state index in [0.29, 0.717) is 16.4 Å². The molecule has 0 aromatic carbocycles. The van der Waals surface area contributed by atoms with Crippen LogP contribution in [-0.4, -0.2) is 12.6 Å². The van der Waals surface area contributed by atoms with Gasteiger partial charge in [0.25, 0.3) is 0 Å². The van der Waals surface area contributed by atoms with Crippen molar-refractivity contribution in [3.8, 4) is 0 Å². The van der Waals surface area contributed by atoms with Crippen LogP contribution in [0.4, 0.5) is 0 Å². The first kappa shape index (κ1) is 11.4. The maximum Gasteiger partial charge on any atom is 0.0212 e. The van der Waals surface area contributed by atoms with E-state index >= 15 is 0 Å². The molecule has 0 radical (unpaired) electrons. The fraction of sp³-hybridized carbons (Fsp3) is 1.00. The van der Waals surface area contributed by atoms with Crippen molar-refractivity contribution >= 4 is 0 Å². The Balaban J connectivity index is 2.25. The molecule has 15 heavy (non-hydrogen) atoms. The molecule has 2 rings (SSSR count). The molecule has 0 aromatic rings. The van der Waals surface area contributed by atoms with Crippen LogP contribution in [0.5, 0.6) is 0 Å². The number of rotatable bonds is 2. The molecule has 2 aliphatic rings. The summed E-state index contributed by atoms with van der Waals surface area (Å²) in [6.07, 6.45) is 7.03. The zero-order valence-corrected chi connectivity index (χ0v) is 11.1. The minimum Gasteiger partial charge on any atom is -0.314 e. The van der Waals surface area contributed by atoms with E-state index in [1.807, 2.05) is 0 Å². The molecule has 2 fully saturated rings. The Morgan fingerprint density at radius 3 is 1.87 bits per heavy atom. The molecule has 0 unspecified atom stereocenters. The minimum atomic E-state index is 0.483. The molecule has 1 N–H and O–H groups in total. The SMILES string of the molecule is CNC1([C@@H]2CCC(C)(C)C2(C)C)CCC1. The van der Waals surface area contributed by atoms with Crippen LogP contribution in [-0.2, 0) is 0 Å². The molecule has 2 saturated carbocycles. The second-order valence-corrected chi connectivity index (χ2v) is 6.96. The summed E-state index contributed by atoms with van der Waals surface area (Å²) in [7, 11) is 2.17. The smallest absolute Gasteiger partial charge is 0.0212 e. The predicted octanol–water partition coefficient (Wildman–Crippen LogP) is 3.59.